The topological polar surface area (TPSA) is 65.1 Å². The fraction of sp³-hybridized carbons (Fsp3) is 0.294. The van der Waals surface area contributed by atoms with Gasteiger partial charge in [-0.25, -0.2) is 0 Å². The van der Waals surface area contributed by atoms with E-state index in [0.29, 0.717) is 17.2 Å². The summed E-state index contributed by atoms with van der Waals surface area (Å²) in [5.41, 5.74) is 5.81. The molecule has 0 radical (unpaired) electrons. The van der Waals surface area contributed by atoms with Crippen molar-refractivity contribution in [2.24, 2.45) is 5.92 Å². The van der Waals surface area contributed by atoms with Gasteiger partial charge >= 0.3 is 11.9 Å². The molecule has 6 heteroatoms. The number of carbonyl (C=O) groups excluding carboxylic acids is 2. The van der Waals surface area contributed by atoms with Gasteiger partial charge in [0.15, 0.2) is 0 Å². The lowest BCUT2D eigenvalue weighted by molar-refractivity contribution is -0.132. The molecule has 40 heavy (non-hydrogen) atoms. The number of hydrogen-bond acceptors (Lipinski definition) is 6. The molecule has 3 aromatic carbocycles. The largest absolute Gasteiger partial charge is 0.480 e. The Balaban J connectivity index is 1.48. The molecule has 1 saturated heterocycles. The highest BCUT2D eigenvalue weighted by Gasteiger charge is 2.30. The van der Waals surface area contributed by atoms with Gasteiger partial charge in [0.25, 0.3) is 0 Å². The second-order valence-electron chi connectivity index (χ2n) is 10.6. The van der Waals surface area contributed by atoms with Gasteiger partial charge in [-0.15, -0.1) is 0 Å². The quantitative estimate of drug-likeness (QED) is 0.240. The molecule has 2 heterocycles. The third-order valence-electron chi connectivity index (χ3n) is 7.36. The van der Waals surface area contributed by atoms with Crippen molar-refractivity contribution in [2.45, 2.75) is 40.2 Å². The maximum atomic E-state index is 11.6. The van der Waals surface area contributed by atoms with Crippen LogP contribution in [0.3, 0.4) is 0 Å². The maximum absolute atomic E-state index is 11.6. The molecule has 6 nitrogen and oxygen atoms in total. The highest BCUT2D eigenvalue weighted by atomic mass is 16.5. The van der Waals surface area contributed by atoms with E-state index in [4.69, 9.17) is 14.2 Å². The summed E-state index contributed by atoms with van der Waals surface area (Å²) in [6.45, 7) is 10.4. The average molecular weight is 538 g/mol. The molecule has 0 aliphatic carbocycles. The molecule has 5 rings (SSSR count). The van der Waals surface area contributed by atoms with Crippen molar-refractivity contribution in [1.82, 2.24) is 4.90 Å². The van der Waals surface area contributed by atoms with Gasteiger partial charge in [0.2, 0.25) is 0 Å². The lowest BCUT2D eigenvalue weighted by Gasteiger charge is -2.31. The molecule has 206 valence electrons. The molecule has 0 spiro atoms. The standard InChI is InChI=1S/C34H35NO5/c1-22-16-18-35(21-22)17-6-7-26-10-12-27(13-11-26)34-33(28-8-5-9-29(19-28)38-24(3)36)23(2)31-20-30(39-25(4)37)14-15-32(31)40-34/h5-15,19-20,22,34H,16-18,21H2,1-4H3/b7-6-/t22-,34?/m1/s1. The Morgan fingerprint density at radius 3 is 2.38 bits per heavy atom. The number of hydrogen-bond donors (Lipinski definition) is 0. The first-order valence-electron chi connectivity index (χ1n) is 13.7. The van der Waals surface area contributed by atoms with E-state index in [0.717, 1.165) is 45.9 Å². The van der Waals surface area contributed by atoms with Gasteiger partial charge in [-0.2, -0.15) is 0 Å². The van der Waals surface area contributed by atoms with E-state index < -0.39 is 0 Å². The first-order chi connectivity index (χ1) is 19.3. The third-order valence-corrected chi connectivity index (χ3v) is 7.36. The average Bonchev–Trinajstić information content (AvgIpc) is 3.33. The summed E-state index contributed by atoms with van der Waals surface area (Å²) in [6, 6.07) is 21.3. The fourth-order valence-electron chi connectivity index (χ4n) is 5.47. The molecular weight excluding hydrogens is 502 g/mol. The summed E-state index contributed by atoms with van der Waals surface area (Å²) >= 11 is 0. The molecule has 2 atom stereocenters. The van der Waals surface area contributed by atoms with E-state index in [1.54, 1.807) is 12.1 Å². The van der Waals surface area contributed by atoms with Crippen molar-refractivity contribution in [1.29, 1.82) is 0 Å². The van der Waals surface area contributed by atoms with Crippen LogP contribution >= 0.6 is 0 Å². The predicted molar refractivity (Wildman–Crippen MR) is 157 cm³/mol. The fourth-order valence-corrected chi connectivity index (χ4v) is 5.47. The first-order valence-corrected chi connectivity index (χ1v) is 13.7. The zero-order valence-corrected chi connectivity index (χ0v) is 23.5. The Labute approximate surface area is 235 Å². The Morgan fingerprint density at radius 1 is 0.975 bits per heavy atom. The summed E-state index contributed by atoms with van der Waals surface area (Å²) in [5.74, 6) is 1.66. The number of carbonyl (C=O) groups is 2. The number of likely N-dealkylation sites (tertiary alicyclic amines) is 1. The predicted octanol–water partition coefficient (Wildman–Crippen LogP) is 6.96. The zero-order chi connectivity index (χ0) is 28.2. The summed E-state index contributed by atoms with van der Waals surface area (Å²) in [7, 11) is 0. The monoisotopic (exact) mass is 537 g/mol. The Morgan fingerprint density at radius 2 is 1.70 bits per heavy atom. The summed E-state index contributed by atoms with van der Waals surface area (Å²) in [5, 5.41) is 0. The molecule has 0 aromatic heterocycles. The molecule has 1 fully saturated rings. The highest BCUT2D eigenvalue weighted by Crippen LogP contribution is 2.47. The van der Waals surface area contributed by atoms with Gasteiger partial charge < -0.3 is 14.2 Å². The van der Waals surface area contributed by atoms with Gasteiger partial charge in [-0.1, -0.05) is 55.5 Å². The molecule has 0 saturated carbocycles. The number of esters is 2. The van der Waals surface area contributed by atoms with Crippen LogP contribution in [-0.2, 0) is 9.59 Å². The smallest absolute Gasteiger partial charge is 0.308 e. The van der Waals surface area contributed by atoms with Crippen LogP contribution in [-0.4, -0.2) is 36.5 Å². The van der Waals surface area contributed by atoms with E-state index >= 15 is 0 Å². The minimum atomic E-state index is -0.385. The second-order valence-corrected chi connectivity index (χ2v) is 10.6. The van der Waals surface area contributed by atoms with Crippen molar-refractivity contribution >= 4 is 29.2 Å². The lowest BCUT2D eigenvalue weighted by atomic mass is 9.86. The molecular formula is C34H35NO5. The van der Waals surface area contributed by atoms with E-state index in [2.05, 4.69) is 48.2 Å². The van der Waals surface area contributed by atoms with Crippen LogP contribution in [0.4, 0.5) is 0 Å². The normalized spacial score (nSPS) is 18.9. The molecule has 3 aromatic rings. The molecule has 2 aliphatic heterocycles. The number of nitrogens with zero attached hydrogens (tertiary/aromatic N) is 1. The van der Waals surface area contributed by atoms with Crippen LogP contribution < -0.4 is 14.2 Å². The number of ether oxygens (including phenoxy) is 3. The molecule has 0 bridgehead atoms. The molecule has 2 aliphatic rings. The summed E-state index contributed by atoms with van der Waals surface area (Å²) < 4.78 is 17.3. The molecule has 1 unspecified atom stereocenters. The van der Waals surface area contributed by atoms with Crippen molar-refractivity contribution < 1.29 is 23.8 Å². The van der Waals surface area contributed by atoms with Crippen LogP contribution in [0.5, 0.6) is 17.2 Å². The van der Waals surface area contributed by atoms with E-state index in [1.165, 1.54) is 33.4 Å². The van der Waals surface area contributed by atoms with E-state index in [1.807, 2.05) is 37.3 Å². The number of allylic oxidation sites excluding steroid dienone is 1. The Hall–Kier alpha value is -4.16. The van der Waals surface area contributed by atoms with Gasteiger partial charge in [-0.05, 0) is 78.4 Å². The number of rotatable bonds is 7. The number of benzene rings is 3. The Bertz CT molecular complexity index is 1470. The SMILES string of the molecule is CC(=O)Oc1cccc(C2=C(C)c3cc(OC(C)=O)ccc3OC2c2ccc(/C=C\CN3CC[C@@H](C)C3)cc2)c1. The van der Waals surface area contributed by atoms with Gasteiger partial charge in [-0.3, -0.25) is 14.5 Å². The summed E-state index contributed by atoms with van der Waals surface area (Å²) in [6.07, 6.45) is 5.29. The van der Waals surface area contributed by atoms with Gasteiger partial charge in [0, 0.05) is 38.1 Å². The van der Waals surface area contributed by atoms with Crippen LogP contribution in [0, 0.1) is 5.92 Å². The Kier molecular flexibility index (Phi) is 8.17. The summed E-state index contributed by atoms with van der Waals surface area (Å²) in [4.78, 5) is 25.7. The number of fused-ring (bicyclic) bond motifs is 1. The second kappa shape index (κ2) is 11.9. The molecule has 0 N–H and O–H groups in total. The zero-order valence-electron chi connectivity index (χ0n) is 23.5. The highest BCUT2D eigenvalue weighted by molar-refractivity contribution is 5.96. The minimum absolute atomic E-state index is 0.376. The van der Waals surface area contributed by atoms with Crippen molar-refractivity contribution in [3.05, 3.63) is 95.1 Å². The van der Waals surface area contributed by atoms with Crippen LogP contribution in [0.15, 0.2) is 72.8 Å². The van der Waals surface area contributed by atoms with Crippen molar-refractivity contribution in [3.63, 3.8) is 0 Å². The molecule has 0 amide bonds. The maximum Gasteiger partial charge on any atom is 0.308 e. The van der Waals surface area contributed by atoms with Crippen LogP contribution in [0.2, 0.25) is 0 Å². The van der Waals surface area contributed by atoms with Gasteiger partial charge in [0.1, 0.15) is 23.4 Å². The van der Waals surface area contributed by atoms with Crippen molar-refractivity contribution in [3.8, 4) is 17.2 Å². The van der Waals surface area contributed by atoms with Crippen LogP contribution in [0.1, 0.15) is 62.5 Å². The van der Waals surface area contributed by atoms with Crippen molar-refractivity contribution in [2.75, 3.05) is 19.6 Å². The first kappa shape index (κ1) is 27.4. The van der Waals surface area contributed by atoms with E-state index in [9.17, 15) is 9.59 Å². The van der Waals surface area contributed by atoms with Crippen LogP contribution in [0.25, 0.3) is 17.2 Å². The minimum Gasteiger partial charge on any atom is -0.480 e. The lowest BCUT2D eigenvalue weighted by Crippen LogP contribution is -2.19. The van der Waals surface area contributed by atoms with Gasteiger partial charge in [0.05, 0.1) is 0 Å². The third kappa shape index (κ3) is 6.35. The van der Waals surface area contributed by atoms with E-state index in [-0.39, 0.29) is 18.0 Å².